The lowest BCUT2D eigenvalue weighted by molar-refractivity contribution is 0.0985. The van der Waals surface area contributed by atoms with Crippen LogP contribution in [-0.4, -0.2) is 20.9 Å². The Bertz CT molecular complexity index is 1210. The van der Waals surface area contributed by atoms with Gasteiger partial charge in [0.15, 0.2) is 0 Å². The van der Waals surface area contributed by atoms with Crippen LogP contribution < -0.4 is 9.62 Å². The molecule has 3 aromatic carbocycles. The Labute approximate surface area is 185 Å². The standard InChI is InChI=1S/C22H18Cl2N2O3S/c23-17-8-10-20(19(24)14-17)25-30(28,29)18-9-11-21-16(13-18)7-4-12-26(21)22(27)15-5-2-1-3-6-15/h1-3,5-6,8-11,13-14,25H,4,7,12H2. The summed E-state index contributed by atoms with van der Waals surface area (Å²) in [5, 5.41) is 0.628. The molecule has 0 atom stereocenters. The fraction of sp³-hybridized carbons (Fsp3) is 0.136. The highest BCUT2D eigenvalue weighted by Gasteiger charge is 2.26. The molecule has 4 rings (SSSR count). The number of amides is 1. The van der Waals surface area contributed by atoms with Crippen LogP contribution in [0.1, 0.15) is 22.3 Å². The Morgan fingerprint density at radius 3 is 2.47 bits per heavy atom. The number of fused-ring (bicyclic) bond motifs is 1. The van der Waals surface area contributed by atoms with Crippen LogP contribution in [0.4, 0.5) is 11.4 Å². The van der Waals surface area contributed by atoms with Gasteiger partial charge in [-0.1, -0.05) is 41.4 Å². The molecule has 1 N–H and O–H groups in total. The van der Waals surface area contributed by atoms with E-state index in [4.69, 9.17) is 23.2 Å². The van der Waals surface area contributed by atoms with Crippen molar-refractivity contribution >= 4 is 50.5 Å². The summed E-state index contributed by atoms with van der Waals surface area (Å²) in [6, 6.07) is 18.4. The number of nitrogens with zero attached hydrogens (tertiary/aromatic N) is 1. The lowest BCUT2D eigenvalue weighted by Gasteiger charge is -2.30. The highest BCUT2D eigenvalue weighted by Crippen LogP contribution is 2.32. The highest BCUT2D eigenvalue weighted by atomic mass is 35.5. The molecular formula is C22H18Cl2N2O3S. The lowest BCUT2D eigenvalue weighted by atomic mass is 10.0. The van der Waals surface area contributed by atoms with Gasteiger partial charge in [0.2, 0.25) is 0 Å². The first-order valence-corrected chi connectivity index (χ1v) is 11.6. The molecule has 0 aliphatic carbocycles. The second-order valence-electron chi connectivity index (χ2n) is 6.95. The van der Waals surface area contributed by atoms with E-state index in [-0.39, 0.29) is 21.5 Å². The molecular weight excluding hydrogens is 443 g/mol. The number of rotatable bonds is 4. The third-order valence-corrected chi connectivity index (χ3v) is 6.83. The molecule has 1 aliphatic rings. The molecule has 1 aliphatic heterocycles. The Hall–Kier alpha value is -2.54. The SMILES string of the molecule is O=C(c1ccccc1)N1CCCc2cc(S(=O)(=O)Nc3ccc(Cl)cc3Cl)ccc21. The van der Waals surface area contributed by atoms with Crippen molar-refractivity contribution < 1.29 is 13.2 Å². The second-order valence-corrected chi connectivity index (χ2v) is 9.47. The number of hydrogen-bond donors (Lipinski definition) is 1. The maximum absolute atomic E-state index is 12.9. The molecule has 0 saturated heterocycles. The average molecular weight is 461 g/mol. The molecule has 154 valence electrons. The zero-order valence-corrected chi connectivity index (χ0v) is 18.1. The molecule has 5 nitrogen and oxygen atoms in total. The first-order valence-electron chi connectivity index (χ1n) is 9.33. The van der Waals surface area contributed by atoms with Crippen LogP contribution in [0.3, 0.4) is 0 Å². The van der Waals surface area contributed by atoms with Gasteiger partial charge in [-0.3, -0.25) is 9.52 Å². The quantitative estimate of drug-likeness (QED) is 0.567. The van der Waals surface area contributed by atoms with E-state index in [2.05, 4.69) is 4.72 Å². The van der Waals surface area contributed by atoms with Gasteiger partial charge in [-0.25, -0.2) is 8.42 Å². The fourth-order valence-corrected chi connectivity index (χ4v) is 5.11. The molecule has 30 heavy (non-hydrogen) atoms. The summed E-state index contributed by atoms with van der Waals surface area (Å²) in [5.74, 6) is -0.0989. The first-order chi connectivity index (χ1) is 14.3. The molecule has 0 bridgehead atoms. The van der Waals surface area contributed by atoms with Gasteiger partial charge in [0, 0.05) is 22.8 Å². The molecule has 0 unspecified atom stereocenters. The molecule has 1 heterocycles. The maximum Gasteiger partial charge on any atom is 0.261 e. The van der Waals surface area contributed by atoms with E-state index in [0.717, 1.165) is 17.7 Å². The van der Waals surface area contributed by atoms with E-state index in [9.17, 15) is 13.2 Å². The van der Waals surface area contributed by atoms with E-state index >= 15 is 0 Å². The summed E-state index contributed by atoms with van der Waals surface area (Å²) >= 11 is 12.0. The van der Waals surface area contributed by atoms with E-state index in [1.165, 1.54) is 18.2 Å². The minimum Gasteiger partial charge on any atom is -0.308 e. The summed E-state index contributed by atoms with van der Waals surface area (Å²) in [7, 11) is -3.85. The van der Waals surface area contributed by atoms with Crippen molar-refractivity contribution in [1.82, 2.24) is 0 Å². The van der Waals surface area contributed by atoms with Crippen LogP contribution in [0.5, 0.6) is 0 Å². The van der Waals surface area contributed by atoms with Gasteiger partial charge >= 0.3 is 0 Å². The Kier molecular flexibility index (Phi) is 5.73. The number of carbonyl (C=O) groups excluding carboxylic acids is 1. The first kappa shape index (κ1) is 20.7. The van der Waals surface area contributed by atoms with Crippen LogP contribution in [0.25, 0.3) is 0 Å². The molecule has 0 fully saturated rings. The normalized spacial score (nSPS) is 13.6. The van der Waals surface area contributed by atoms with Crippen LogP contribution in [0.2, 0.25) is 10.0 Å². The van der Waals surface area contributed by atoms with Crippen molar-refractivity contribution in [3.63, 3.8) is 0 Å². The maximum atomic E-state index is 12.9. The lowest BCUT2D eigenvalue weighted by Crippen LogP contribution is -2.35. The van der Waals surface area contributed by atoms with Crippen molar-refractivity contribution in [3.8, 4) is 0 Å². The predicted octanol–water partition coefficient (Wildman–Crippen LogP) is 5.39. The number of carbonyl (C=O) groups is 1. The van der Waals surface area contributed by atoms with Crippen LogP contribution >= 0.6 is 23.2 Å². The van der Waals surface area contributed by atoms with E-state index in [0.29, 0.717) is 23.6 Å². The Balaban J connectivity index is 1.64. The number of halogens is 2. The summed E-state index contributed by atoms with van der Waals surface area (Å²) in [6.07, 6.45) is 1.45. The smallest absolute Gasteiger partial charge is 0.261 e. The molecule has 1 amide bonds. The van der Waals surface area contributed by atoms with Crippen molar-refractivity contribution in [2.75, 3.05) is 16.2 Å². The summed E-state index contributed by atoms with van der Waals surface area (Å²) < 4.78 is 28.3. The van der Waals surface area contributed by atoms with E-state index in [1.807, 2.05) is 18.2 Å². The third kappa shape index (κ3) is 4.17. The highest BCUT2D eigenvalue weighted by molar-refractivity contribution is 7.92. The minimum atomic E-state index is -3.85. The fourth-order valence-electron chi connectivity index (χ4n) is 3.46. The number of benzene rings is 3. The summed E-state index contributed by atoms with van der Waals surface area (Å²) in [6.45, 7) is 0.589. The number of nitrogens with one attached hydrogen (secondary N) is 1. The molecule has 0 aromatic heterocycles. The van der Waals surface area contributed by atoms with Gasteiger partial charge in [0.25, 0.3) is 15.9 Å². The van der Waals surface area contributed by atoms with Gasteiger partial charge in [-0.15, -0.1) is 0 Å². The Morgan fingerprint density at radius 2 is 1.73 bits per heavy atom. The predicted molar refractivity (Wildman–Crippen MR) is 120 cm³/mol. The molecule has 0 radical (unpaired) electrons. The zero-order valence-electron chi connectivity index (χ0n) is 15.8. The number of hydrogen-bond acceptors (Lipinski definition) is 3. The van der Waals surface area contributed by atoms with Crippen molar-refractivity contribution in [1.29, 1.82) is 0 Å². The van der Waals surface area contributed by atoms with Crippen molar-refractivity contribution in [3.05, 3.63) is 87.9 Å². The largest absolute Gasteiger partial charge is 0.308 e. The van der Waals surface area contributed by atoms with Crippen LogP contribution in [-0.2, 0) is 16.4 Å². The van der Waals surface area contributed by atoms with Crippen molar-refractivity contribution in [2.45, 2.75) is 17.7 Å². The van der Waals surface area contributed by atoms with Crippen molar-refractivity contribution in [2.24, 2.45) is 0 Å². The number of anilines is 2. The minimum absolute atomic E-state index is 0.0989. The molecule has 8 heteroatoms. The van der Waals surface area contributed by atoms with Crippen LogP contribution in [0, 0.1) is 0 Å². The molecule has 0 saturated carbocycles. The van der Waals surface area contributed by atoms with Gasteiger partial charge in [0.05, 0.1) is 15.6 Å². The zero-order chi connectivity index (χ0) is 21.3. The summed E-state index contributed by atoms with van der Waals surface area (Å²) in [4.78, 5) is 14.7. The summed E-state index contributed by atoms with van der Waals surface area (Å²) in [5.41, 5.74) is 2.40. The second kappa shape index (κ2) is 8.30. The molecule has 0 spiro atoms. The van der Waals surface area contributed by atoms with Crippen LogP contribution in [0.15, 0.2) is 71.6 Å². The number of aryl methyl sites for hydroxylation is 1. The van der Waals surface area contributed by atoms with Gasteiger partial charge in [-0.05, 0) is 66.9 Å². The van der Waals surface area contributed by atoms with E-state index < -0.39 is 10.0 Å². The van der Waals surface area contributed by atoms with Gasteiger partial charge < -0.3 is 4.90 Å². The third-order valence-electron chi connectivity index (χ3n) is 4.92. The molecule has 3 aromatic rings. The van der Waals surface area contributed by atoms with E-state index in [1.54, 1.807) is 35.2 Å². The van der Waals surface area contributed by atoms with Gasteiger partial charge in [-0.2, -0.15) is 0 Å². The number of sulfonamides is 1. The monoisotopic (exact) mass is 460 g/mol. The topological polar surface area (TPSA) is 66.5 Å². The van der Waals surface area contributed by atoms with Gasteiger partial charge in [0.1, 0.15) is 0 Å². The Morgan fingerprint density at radius 1 is 0.967 bits per heavy atom. The average Bonchev–Trinajstić information content (AvgIpc) is 2.75.